The van der Waals surface area contributed by atoms with Crippen LogP contribution in [0.5, 0.6) is 0 Å². The third kappa shape index (κ3) is 4.61. The van der Waals surface area contributed by atoms with Gasteiger partial charge in [-0.1, -0.05) is 115 Å². The molecular formula is C45H28N2OS. The van der Waals surface area contributed by atoms with Crippen LogP contribution in [0.1, 0.15) is 0 Å². The zero-order chi connectivity index (χ0) is 32.3. The van der Waals surface area contributed by atoms with E-state index in [4.69, 9.17) is 9.40 Å². The van der Waals surface area contributed by atoms with E-state index in [1.165, 1.54) is 31.3 Å². The van der Waals surface area contributed by atoms with Gasteiger partial charge < -0.3 is 9.32 Å². The Bertz CT molecular complexity index is 2820. The molecule has 0 fully saturated rings. The summed E-state index contributed by atoms with van der Waals surface area (Å²) in [5, 5.41) is 7.11. The molecule has 0 saturated heterocycles. The first-order valence-electron chi connectivity index (χ1n) is 16.5. The molecule has 0 bridgehead atoms. The fraction of sp³-hybridized carbons (Fsp3) is 0. The number of para-hydroxylation sites is 1. The second kappa shape index (κ2) is 11.2. The molecule has 0 N–H and O–H groups in total. The van der Waals surface area contributed by atoms with Crippen LogP contribution in [-0.2, 0) is 0 Å². The number of anilines is 3. The third-order valence-electron chi connectivity index (χ3n) is 9.47. The lowest BCUT2D eigenvalue weighted by atomic mass is 9.98. The molecule has 10 aromatic rings. The first-order chi connectivity index (χ1) is 24.3. The summed E-state index contributed by atoms with van der Waals surface area (Å²) in [4.78, 5) is 7.41. The smallest absolute Gasteiger partial charge is 0.227 e. The summed E-state index contributed by atoms with van der Waals surface area (Å²) in [6.45, 7) is 0. The molecule has 0 radical (unpaired) electrons. The Morgan fingerprint density at radius 3 is 1.96 bits per heavy atom. The minimum atomic E-state index is 0.619. The van der Waals surface area contributed by atoms with E-state index in [-0.39, 0.29) is 0 Å². The number of rotatable bonds is 5. The van der Waals surface area contributed by atoms with E-state index in [9.17, 15) is 0 Å². The predicted octanol–water partition coefficient (Wildman–Crippen LogP) is 13.3. The largest absolute Gasteiger partial charge is 0.435 e. The van der Waals surface area contributed by atoms with Crippen molar-refractivity contribution < 1.29 is 4.42 Å². The van der Waals surface area contributed by atoms with Crippen LogP contribution in [0.15, 0.2) is 174 Å². The van der Waals surface area contributed by atoms with Gasteiger partial charge in [0, 0.05) is 47.9 Å². The van der Waals surface area contributed by atoms with Gasteiger partial charge in [-0.05, 0) is 76.5 Å². The third-order valence-corrected chi connectivity index (χ3v) is 10.6. The maximum Gasteiger partial charge on any atom is 0.227 e. The van der Waals surface area contributed by atoms with Crippen LogP contribution in [-0.4, -0.2) is 4.98 Å². The summed E-state index contributed by atoms with van der Waals surface area (Å²) < 4.78 is 9.24. The summed E-state index contributed by atoms with van der Waals surface area (Å²) in [5.74, 6) is 0.619. The molecule has 0 spiro atoms. The predicted molar refractivity (Wildman–Crippen MR) is 207 cm³/mol. The Morgan fingerprint density at radius 2 is 1.12 bits per heavy atom. The van der Waals surface area contributed by atoms with Gasteiger partial charge in [-0.3, -0.25) is 0 Å². The number of fused-ring (bicyclic) bond motifs is 8. The SMILES string of the molecule is c1ccc(-c2nc3cc(N(c4ccccc4)c4ccc(-c5ccc6c(c5)sc5ccccc56)cc4)c4ccc5ccccc5c4c3o2)cc1. The number of nitrogens with zero attached hydrogens (tertiary/aromatic N) is 2. The summed E-state index contributed by atoms with van der Waals surface area (Å²) in [6.07, 6.45) is 0. The van der Waals surface area contributed by atoms with Gasteiger partial charge in [-0.15, -0.1) is 11.3 Å². The highest BCUT2D eigenvalue weighted by atomic mass is 32.1. The van der Waals surface area contributed by atoms with Gasteiger partial charge in [-0.2, -0.15) is 0 Å². The Balaban J connectivity index is 1.17. The molecule has 4 heteroatoms. The quantitative estimate of drug-likeness (QED) is 0.175. The van der Waals surface area contributed by atoms with Crippen LogP contribution < -0.4 is 4.90 Å². The highest BCUT2D eigenvalue weighted by Crippen LogP contribution is 2.45. The second-order valence-electron chi connectivity index (χ2n) is 12.4. The number of aromatic nitrogens is 1. The summed E-state index contributed by atoms with van der Waals surface area (Å²) in [6, 6.07) is 60.3. The average Bonchev–Trinajstić information content (AvgIpc) is 3.77. The van der Waals surface area contributed by atoms with Gasteiger partial charge in [0.2, 0.25) is 5.89 Å². The zero-order valence-electron chi connectivity index (χ0n) is 26.4. The maximum absolute atomic E-state index is 6.61. The second-order valence-corrected chi connectivity index (χ2v) is 13.4. The molecule has 230 valence electrons. The maximum atomic E-state index is 6.61. The van der Waals surface area contributed by atoms with Crippen molar-refractivity contribution in [2.24, 2.45) is 0 Å². The van der Waals surface area contributed by atoms with Crippen molar-refractivity contribution in [1.29, 1.82) is 0 Å². The lowest BCUT2D eigenvalue weighted by Crippen LogP contribution is -2.10. The number of benzene rings is 8. The normalized spacial score (nSPS) is 11.7. The number of oxazole rings is 1. The first-order valence-corrected chi connectivity index (χ1v) is 17.3. The number of thiophene rings is 1. The molecule has 10 rings (SSSR count). The van der Waals surface area contributed by atoms with Gasteiger partial charge >= 0.3 is 0 Å². The molecule has 2 heterocycles. The van der Waals surface area contributed by atoms with E-state index in [0.29, 0.717) is 5.89 Å². The number of hydrogen-bond donors (Lipinski definition) is 0. The standard InChI is InChI=1S/C45H28N2OS/c1-3-12-31(13-4-1)45-46-39-28-40(38-26-21-30-11-7-8-16-35(30)43(38)44(39)48-45)47(33-14-5-2-6-15-33)34-23-19-29(20-24-34)32-22-25-37-36-17-9-10-18-41(36)49-42(37)27-32/h1-28H. The highest BCUT2D eigenvalue weighted by Gasteiger charge is 2.22. The van der Waals surface area contributed by atoms with Crippen LogP contribution in [0, 0.1) is 0 Å². The summed E-state index contributed by atoms with van der Waals surface area (Å²) in [5.41, 5.74) is 8.17. The molecule has 0 atom stereocenters. The molecule has 2 aromatic heterocycles. The Kier molecular flexibility index (Phi) is 6.36. The highest BCUT2D eigenvalue weighted by molar-refractivity contribution is 7.25. The lowest BCUT2D eigenvalue weighted by molar-refractivity contribution is 0.623. The van der Waals surface area contributed by atoms with Crippen molar-refractivity contribution in [3.8, 4) is 22.6 Å². The van der Waals surface area contributed by atoms with E-state index in [1.54, 1.807) is 0 Å². The van der Waals surface area contributed by atoms with Crippen LogP contribution in [0.25, 0.3) is 75.4 Å². The molecule has 0 amide bonds. The van der Waals surface area contributed by atoms with Crippen molar-refractivity contribution in [3.63, 3.8) is 0 Å². The van der Waals surface area contributed by atoms with E-state index < -0.39 is 0 Å². The van der Waals surface area contributed by atoms with Crippen LogP contribution in [0.3, 0.4) is 0 Å². The van der Waals surface area contributed by atoms with Crippen LogP contribution in [0.4, 0.5) is 17.1 Å². The Labute approximate surface area is 286 Å². The van der Waals surface area contributed by atoms with Crippen molar-refractivity contribution in [1.82, 2.24) is 4.98 Å². The van der Waals surface area contributed by atoms with Crippen molar-refractivity contribution in [2.75, 3.05) is 4.90 Å². The minimum Gasteiger partial charge on any atom is -0.435 e. The number of hydrogen-bond acceptors (Lipinski definition) is 4. The summed E-state index contributed by atoms with van der Waals surface area (Å²) >= 11 is 1.85. The van der Waals surface area contributed by atoms with Gasteiger partial charge in [-0.25, -0.2) is 4.98 Å². The molecule has 49 heavy (non-hydrogen) atoms. The Hall–Kier alpha value is -6.23. The fourth-order valence-corrected chi connectivity index (χ4v) is 8.29. The van der Waals surface area contributed by atoms with Crippen molar-refractivity contribution >= 4 is 81.2 Å². The van der Waals surface area contributed by atoms with Gasteiger partial charge in [0.25, 0.3) is 0 Å². The molecule has 3 nitrogen and oxygen atoms in total. The molecule has 0 aliphatic carbocycles. The van der Waals surface area contributed by atoms with E-state index in [1.807, 2.05) is 41.7 Å². The summed E-state index contributed by atoms with van der Waals surface area (Å²) in [7, 11) is 0. The van der Waals surface area contributed by atoms with Crippen LogP contribution >= 0.6 is 11.3 Å². The van der Waals surface area contributed by atoms with E-state index >= 15 is 0 Å². The molecule has 8 aromatic carbocycles. The Morgan fingerprint density at radius 1 is 0.469 bits per heavy atom. The average molecular weight is 645 g/mol. The lowest BCUT2D eigenvalue weighted by Gasteiger charge is -2.27. The molecule has 0 saturated carbocycles. The first kappa shape index (κ1) is 27.8. The van der Waals surface area contributed by atoms with Gasteiger partial charge in [0.1, 0.15) is 5.52 Å². The molecule has 0 aliphatic rings. The molecular weight excluding hydrogens is 617 g/mol. The van der Waals surface area contributed by atoms with Crippen LogP contribution in [0.2, 0.25) is 0 Å². The van der Waals surface area contributed by atoms with Gasteiger partial charge in [0.05, 0.1) is 5.69 Å². The zero-order valence-corrected chi connectivity index (χ0v) is 27.2. The molecule has 0 unspecified atom stereocenters. The van der Waals surface area contributed by atoms with Gasteiger partial charge in [0.15, 0.2) is 5.58 Å². The van der Waals surface area contributed by atoms with E-state index in [2.05, 4.69) is 144 Å². The molecule has 0 aliphatic heterocycles. The topological polar surface area (TPSA) is 29.3 Å². The van der Waals surface area contributed by atoms with Crippen molar-refractivity contribution in [2.45, 2.75) is 0 Å². The minimum absolute atomic E-state index is 0.619. The van der Waals surface area contributed by atoms with Crippen molar-refractivity contribution in [3.05, 3.63) is 170 Å². The fourth-order valence-electron chi connectivity index (χ4n) is 7.15. The van der Waals surface area contributed by atoms with E-state index in [0.717, 1.165) is 55.3 Å². The monoisotopic (exact) mass is 644 g/mol.